The van der Waals surface area contributed by atoms with Crippen molar-refractivity contribution in [3.63, 3.8) is 0 Å². The largest absolute Gasteiger partial charge is 0.481 e. The summed E-state index contributed by atoms with van der Waals surface area (Å²) in [6.45, 7) is 4.56. The second-order valence-electron chi connectivity index (χ2n) is 8.23. The van der Waals surface area contributed by atoms with Gasteiger partial charge in [0.05, 0.1) is 5.92 Å². The van der Waals surface area contributed by atoms with Gasteiger partial charge in [0.25, 0.3) is 0 Å². The summed E-state index contributed by atoms with van der Waals surface area (Å²) in [5.41, 5.74) is 0.978. The van der Waals surface area contributed by atoms with Crippen molar-refractivity contribution in [1.29, 1.82) is 0 Å². The van der Waals surface area contributed by atoms with Gasteiger partial charge in [-0.25, -0.2) is 0 Å². The van der Waals surface area contributed by atoms with Crippen molar-refractivity contribution in [3.05, 3.63) is 35.9 Å². The Bertz CT molecular complexity index is 522. The molecule has 3 heteroatoms. The summed E-state index contributed by atoms with van der Waals surface area (Å²) in [6.07, 6.45) is 12.2. The number of carboxylic acid groups (broad SMARTS) is 1. The van der Waals surface area contributed by atoms with Crippen LogP contribution in [-0.4, -0.2) is 16.9 Å². The zero-order valence-electron chi connectivity index (χ0n) is 17.3. The fraction of sp³-hybridized carbons (Fsp3) is 0.667. The van der Waals surface area contributed by atoms with Crippen LogP contribution in [0, 0.1) is 11.8 Å². The summed E-state index contributed by atoms with van der Waals surface area (Å²) >= 11 is 0. The van der Waals surface area contributed by atoms with Gasteiger partial charge in [0.15, 0.2) is 0 Å². The normalized spacial score (nSPS) is 12.3. The van der Waals surface area contributed by atoms with Gasteiger partial charge in [0.1, 0.15) is 5.78 Å². The number of carboxylic acids is 1. The van der Waals surface area contributed by atoms with Crippen LogP contribution >= 0.6 is 0 Å². The number of benzene rings is 1. The van der Waals surface area contributed by atoms with Gasteiger partial charge < -0.3 is 5.11 Å². The number of ketones is 1. The van der Waals surface area contributed by atoms with E-state index in [0.717, 1.165) is 24.3 Å². The topological polar surface area (TPSA) is 54.4 Å². The third-order valence-corrected chi connectivity index (χ3v) is 5.14. The third-order valence-electron chi connectivity index (χ3n) is 5.14. The van der Waals surface area contributed by atoms with E-state index in [-0.39, 0.29) is 12.2 Å². The minimum Gasteiger partial charge on any atom is -0.481 e. The maximum atomic E-state index is 12.1. The molecule has 1 aromatic rings. The van der Waals surface area contributed by atoms with Crippen molar-refractivity contribution in [1.82, 2.24) is 0 Å². The molecule has 0 aromatic heterocycles. The fourth-order valence-corrected chi connectivity index (χ4v) is 3.46. The molecule has 0 heterocycles. The average molecular weight is 375 g/mol. The first-order chi connectivity index (χ1) is 13.0. The van der Waals surface area contributed by atoms with E-state index < -0.39 is 11.9 Å². The Hall–Kier alpha value is -1.64. The highest BCUT2D eigenvalue weighted by Crippen LogP contribution is 2.17. The molecule has 0 unspecified atom stereocenters. The Morgan fingerprint density at radius 1 is 0.852 bits per heavy atom. The second-order valence-corrected chi connectivity index (χ2v) is 8.23. The minimum atomic E-state index is -0.871. The van der Waals surface area contributed by atoms with Gasteiger partial charge in [0.2, 0.25) is 0 Å². The molecule has 1 aromatic carbocycles. The van der Waals surface area contributed by atoms with Gasteiger partial charge in [-0.15, -0.1) is 0 Å². The first kappa shape index (κ1) is 23.4. The number of carbonyl (C=O) groups excluding carboxylic acids is 1. The van der Waals surface area contributed by atoms with Crippen molar-refractivity contribution in [2.45, 2.75) is 90.9 Å². The molecule has 0 aliphatic heterocycles. The lowest BCUT2D eigenvalue weighted by Crippen LogP contribution is -2.20. The Kier molecular flexibility index (Phi) is 12.5. The van der Waals surface area contributed by atoms with Crippen LogP contribution in [0.3, 0.4) is 0 Å². The zero-order chi connectivity index (χ0) is 19.9. The van der Waals surface area contributed by atoms with Crippen molar-refractivity contribution in [2.75, 3.05) is 0 Å². The summed E-state index contributed by atoms with van der Waals surface area (Å²) < 4.78 is 0. The average Bonchev–Trinajstić information content (AvgIpc) is 2.63. The predicted molar refractivity (Wildman–Crippen MR) is 112 cm³/mol. The van der Waals surface area contributed by atoms with Gasteiger partial charge in [-0.3, -0.25) is 9.59 Å². The molecular weight excluding hydrogens is 336 g/mol. The monoisotopic (exact) mass is 374 g/mol. The van der Waals surface area contributed by atoms with Gasteiger partial charge >= 0.3 is 5.97 Å². The van der Waals surface area contributed by atoms with Crippen molar-refractivity contribution in [2.24, 2.45) is 11.8 Å². The number of aliphatic carboxylic acids is 1. The maximum Gasteiger partial charge on any atom is 0.307 e. The van der Waals surface area contributed by atoms with Gasteiger partial charge in [0, 0.05) is 12.8 Å². The third kappa shape index (κ3) is 12.4. The molecule has 0 saturated carbocycles. The highest BCUT2D eigenvalue weighted by molar-refractivity contribution is 5.83. The zero-order valence-corrected chi connectivity index (χ0v) is 17.3. The minimum absolute atomic E-state index is 0.0898. The van der Waals surface area contributed by atoms with Crippen LogP contribution in [0.5, 0.6) is 0 Å². The molecule has 1 N–H and O–H groups in total. The van der Waals surface area contributed by atoms with Crippen LogP contribution < -0.4 is 0 Å². The Morgan fingerprint density at radius 2 is 1.41 bits per heavy atom. The van der Waals surface area contributed by atoms with E-state index in [4.69, 9.17) is 0 Å². The molecule has 0 aliphatic carbocycles. The van der Waals surface area contributed by atoms with E-state index in [1.54, 1.807) is 0 Å². The number of rotatable bonds is 16. The number of Topliss-reactive ketones (excluding diaryl/α,β-unsaturated/α-hetero) is 1. The summed E-state index contributed by atoms with van der Waals surface area (Å²) in [7, 11) is 0. The molecule has 0 amide bonds. The van der Waals surface area contributed by atoms with E-state index in [1.165, 1.54) is 44.9 Å². The standard InChI is InChI=1S/C24H38O3/c1-20(2)14-10-7-5-3-4-6-8-13-17-23(25)19-22(24(26)27)18-21-15-11-9-12-16-21/h9,11-12,15-16,20,22H,3-8,10,13-14,17-19H2,1-2H3,(H,26,27)/t22-/m1/s1. The quantitative estimate of drug-likeness (QED) is 0.338. The molecule has 27 heavy (non-hydrogen) atoms. The van der Waals surface area contributed by atoms with Crippen molar-refractivity contribution >= 4 is 11.8 Å². The molecule has 0 bridgehead atoms. The van der Waals surface area contributed by atoms with Crippen LogP contribution in [-0.2, 0) is 16.0 Å². The molecule has 0 radical (unpaired) electrons. The molecule has 152 valence electrons. The van der Waals surface area contributed by atoms with E-state index in [0.29, 0.717) is 12.8 Å². The van der Waals surface area contributed by atoms with Crippen LogP contribution in [0.2, 0.25) is 0 Å². The van der Waals surface area contributed by atoms with Crippen LogP contribution in [0.1, 0.15) is 90.0 Å². The van der Waals surface area contributed by atoms with Crippen molar-refractivity contribution in [3.8, 4) is 0 Å². The van der Waals surface area contributed by atoms with Gasteiger partial charge in [-0.05, 0) is 24.3 Å². The molecule has 1 rings (SSSR count). The number of unbranched alkanes of at least 4 members (excludes halogenated alkanes) is 7. The summed E-state index contributed by atoms with van der Waals surface area (Å²) in [4.78, 5) is 23.6. The van der Waals surface area contributed by atoms with E-state index in [1.807, 2.05) is 30.3 Å². The highest BCUT2D eigenvalue weighted by atomic mass is 16.4. The number of carbonyl (C=O) groups is 2. The maximum absolute atomic E-state index is 12.1. The molecule has 3 nitrogen and oxygen atoms in total. The molecule has 1 atom stereocenters. The molecule has 0 aliphatic rings. The van der Waals surface area contributed by atoms with Gasteiger partial charge in [-0.2, -0.15) is 0 Å². The first-order valence-electron chi connectivity index (χ1n) is 10.8. The molecule has 0 fully saturated rings. The van der Waals surface area contributed by atoms with Crippen LogP contribution in [0.15, 0.2) is 30.3 Å². The first-order valence-corrected chi connectivity index (χ1v) is 10.8. The predicted octanol–water partition coefficient (Wildman–Crippen LogP) is 6.45. The van der Waals surface area contributed by atoms with Crippen LogP contribution in [0.25, 0.3) is 0 Å². The lowest BCUT2D eigenvalue weighted by atomic mass is 9.93. The highest BCUT2D eigenvalue weighted by Gasteiger charge is 2.21. The molecule has 0 saturated heterocycles. The Morgan fingerprint density at radius 3 is 1.96 bits per heavy atom. The number of hydrogen-bond donors (Lipinski definition) is 1. The lowest BCUT2D eigenvalue weighted by molar-refractivity contribution is -0.143. The van der Waals surface area contributed by atoms with Gasteiger partial charge in [-0.1, -0.05) is 95.5 Å². The lowest BCUT2D eigenvalue weighted by Gasteiger charge is -2.11. The summed E-state index contributed by atoms with van der Waals surface area (Å²) in [5, 5.41) is 9.39. The van der Waals surface area contributed by atoms with E-state index >= 15 is 0 Å². The van der Waals surface area contributed by atoms with Crippen molar-refractivity contribution < 1.29 is 14.7 Å². The Balaban J connectivity index is 2.09. The smallest absolute Gasteiger partial charge is 0.307 e. The Labute approximate surface area is 165 Å². The van der Waals surface area contributed by atoms with E-state index in [9.17, 15) is 14.7 Å². The summed E-state index contributed by atoms with van der Waals surface area (Å²) in [6, 6.07) is 9.56. The fourth-order valence-electron chi connectivity index (χ4n) is 3.46. The number of hydrogen-bond acceptors (Lipinski definition) is 2. The molecule has 0 spiro atoms. The van der Waals surface area contributed by atoms with Crippen LogP contribution in [0.4, 0.5) is 0 Å². The summed E-state index contributed by atoms with van der Waals surface area (Å²) in [5.74, 6) is -0.571. The SMILES string of the molecule is CC(C)CCCCCCCCCCC(=O)C[C@@H](Cc1ccccc1)C(=O)O. The molecular formula is C24H38O3. The van der Waals surface area contributed by atoms with E-state index in [2.05, 4.69) is 13.8 Å². The second kappa shape index (κ2) is 14.4.